The smallest absolute Gasteiger partial charge is 0.338 e. The van der Waals surface area contributed by atoms with Gasteiger partial charge >= 0.3 is 5.97 Å². The lowest BCUT2D eigenvalue weighted by Crippen LogP contribution is -2.38. The van der Waals surface area contributed by atoms with Gasteiger partial charge < -0.3 is 4.74 Å². The molecule has 138 valence electrons. The Labute approximate surface area is 155 Å². The highest BCUT2D eigenvalue weighted by molar-refractivity contribution is 5.90. The second-order valence-electron chi connectivity index (χ2n) is 8.28. The number of carbonyl (C=O) groups is 1. The van der Waals surface area contributed by atoms with Crippen LogP contribution in [0.5, 0.6) is 0 Å². The number of benzene rings is 2. The molecule has 3 atom stereocenters. The number of carbonyl (C=O) groups excluding carboxylic acids is 1. The fourth-order valence-electron chi connectivity index (χ4n) is 3.64. The Morgan fingerprint density at radius 2 is 1.58 bits per heavy atom. The van der Waals surface area contributed by atoms with Crippen molar-refractivity contribution >= 4 is 5.97 Å². The van der Waals surface area contributed by atoms with Crippen LogP contribution in [0, 0.1) is 11.3 Å². The molecule has 3 rings (SSSR count). The van der Waals surface area contributed by atoms with Gasteiger partial charge in [0.2, 0.25) is 0 Å². The SMILES string of the molecule is CC(C)(C)[C@H]1CC[C@H](OC(=O)c2ccc(-c3ccccc3)cc2)[C@@H](F)C1. The standard InChI is InChI=1S/C23H27FO2/c1-23(2,3)19-13-14-21(20(24)15-19)26-22(25)18-11-9-17(10-12-18)16-7-5-4-6-8-16/h4-12,19-21H,13-15H2,1-3H3/t19-,20-,21-/m0/s1. The van der Waals surface area contributed by atoms with Gasteiger partial charge in [0.25, 0.3) is 0 Å². The van der Waals surface area contributed by atoms with Crippen molar-refractivity contribution in [3.8, 4) is 11.1 Å². The maximum absolute atomic E-state index is 14.5. The Balaban J connectivity index is 1.62. The van der Waals surface area contributed by atoms with Crippen LogP contribution in [0.25, 0.3) is 11.1 Å². The molecule has 2 nitrogen and oxygen atoms in total. The molecule has 0 aliphatic heterocycles. The Morgan fingerprint density at radius 1 is 0.962 bits per heavy atom. The quantitative estimate of drug-likeness (QED) is 0.626. The van der Waals surface area contributed by atoms with E-state index in [0.717, 1.165) is 17.5 Å². The van der Waals surface area contributed by atoms with Crippen molar-refractivity contribution in [1.82, 2.24) is 0 Å². The number of alkyl halides is 1. The summed E-state index contributed by atoms with van der Waals surface area (Å²) in [5.74, 6) is -0.107. The molecule has 1 aliphatic rings. The van der Waals surface area contributed by atoms with Gasteiger partial charge in [0.15, 0.2) is 0 Å². The third-order valence-electron chi connectivity index (χ3n) is 5.42. The largest absolute Gasteiger partial charge is 0.456 e. The average molecular weight is 354 g/mol. The Hall–Kier alpha value is -2.16. The lowest BCUT2D eigenvalue weighted by atomic mass is 9.71. The Bertz CT molecular complexity index is 731. The molecular formula is C23H27FO2. The Morgan fingerprint density at radius 3 is 2.15 bits per heavy atom. The average Bonchev–Trinajstić information content (AvgIpc) is 2.63. The summed E-state index contributed by atoms with van der Waals surface area (Å²) in [4.78, 5) is 12.4. The first-order chi connectivity index (χ1) is 12.3. The minimum atomic E-state index is -1.08. The van der Waals surface area contributed by atoms with Gasteiger partial charge in [-0.3, -0.25) is 0 Å². The molecule has 1 saturated carbocycles. The minimum absolute atomic E-state index is 0.0899. The lowest BCUT2D eigenvalue weighted by Gasteiger charge is -2.38. The fraction of sp³-hybridized carbons (Fsp3) is 0.435. The van der Waals surface area contributed by atoms with Crippen LogP contribution in [0.15, 0.2) is 54.6 Å². The summed E-state index contributed by atoms with van der Waals surface area (Å²) in [5.41, 5.74) is 2.69. The molecule has 0 spiro atoms. The zero-order chi connectivity index (χ0) is 18.7. The van der Waals surface area contributed by atoms with Gasteiger partial charge in [0.05, 0.1) is 5.56 Å². The second-order valence-corrected chi connectivity index (χ2v) is 8.28. The third kappa shape index (κ3) is 4.32. The number of rotatable bonds is 3. The van der Waals surface area contributed by atoms with Gasteiger partial charge in [0, 0.05) is 0 Å². The molecule has 26 heavy (non-hydrogen) atoms. The zero-order valence-electron chi connectivity index (χ0n) is 15.7. The molecule has 1 fully saturated rings. The summed E-state index contributed by atoms with van der Waals surface area (Å²) in [6.07, 6.45) is 0.246. The number of halogens is 1. The van der Waals surface area contributed by atoms with Gasteiger partial charge in [-0.2, -0.15) is 0 Å². The lowest BCUT2D eigenvalue weighted by molar-refractivity contribution is -0.0288. The molecule has 0 aromatic heterocycles. The van der Waals surface area contributed by atoms with Gasteiger partial charge in [-0.25, -0.2) is 9.18 Å². The molecule has 0 saturated heterocycles. The van der Waals surface area contributed by atoms with Crippen molar-refractivity contribution in [2.24, 2.45) is 11.3 Å². The van der Waals surface area contributed by atoms with Crippen LogP contribution in [-0.4, -0.2) is 18.2 Å². The van der Waals surface area contributed by atoms with Crippen molar-refractivity contribution in [1.29, 1.82) is 0 Å². The van der Waals surface area contributed by atoms with E-state index in [4.69, 9.17) is 4.74 Å². The molecule has 0 amide bonds. The number of ether oxygens (including phenoxy) is 1. The monoisotopic (exact) mass is 354 g/mol. The summed E-state index contributed by atoms with van der Waals surface area (Å²) < 4.78 is 20.0. The molecule has 0 heterocycles. The first kappa shape index (κ1) is 18.6. The van der Waals surface area contributed by atoms with Crippen LogP contribution in [-0.2, 0) is 4.74 Å². The van der Waals surface area contributed by atoms with E-state index in [-0.39, 0.29) is 5.41 Å². The van der Waals surface area contributed by atoms with Crippen molar-refractivity contribution in [3.63, 3.8) is 0 Å². The topological polar surface area (TPSA) is 26.3 Å². The zero-order valence-corrected chi connectivity index (χ0v) is 15.7. The van der Waals surface area contributed by atoms with Gasteiger partial charge in [-0.05, 0) is 53.9 Å². The first-order valence-electron chi connectivity index (χ1n) is 9.35. The predicted molar refractivity (Wildman–Crippen MR) is 103 cm³/mol. The van der Waals surface area contributed by atoms with Crippen molar-refractivity contribution in [2.75, 3.05) is 0 Å². The van der Waals surface area contributed by atoms with Gasteiger partial charge in [-0.1, -0.05) is 63.2 Å². The number of hydrogen-bond donors (Lipinski definition) is 0. The van der Waals surface area contributed by atoms with Crippen LogP contribution in [0.4, 0.5) is 4.39 Å². The molecule has 0 bridgehead atoms. The van der Waals surface area contributed by atoms with Gasteiger partial charge in [0.1, 0.15) is 12.3 Å². The van der Waals surface area contributed by atoms with Crippen molar-refractivity contribution in [2.45, 2.75) is 52.3 Å². The molecule has 3 heteroatoms. The van der Waals surface area contributed by atoms with Crippen LogP contribution < -0.4 is 0 Å². The maximum Gasteiger partial charge on any atom is 0.338 e. The summed E-state index contributed by atoms with van der Waals surface area (Å²) in [5, 5.41) is 0. The highest BCUT2D eigenvalue weighted by Gasteiger charge is 2.37. The highest BCUT2D eigenvalue weighted by Crippen LogP contribution is 2.40. The summed E-state index contributed by atoms with van der Waals surface area (Å²) in [6.45, 7) is 6.43. The number of hydrogen-bond acceptors (Lipinski definition) is 2. The van der Waals surface area contributed by atoms with Crippen molar-refractivity contribution < 1.29 is 13.9 Å². The van der Waals surface area contributed by atoms with E-state index in [1.54, 1.807) is 12.1 Å². The molecule has 2 aromatic rings. The van der Waals surface area contributed by atoms with E-state index < -0.39 is 18.2 Å². The van der Waals surface area contributed by atoms with E-state index in [1.165, 1.54) is 0 Å². The third-order valence-corrected chi connectivity index (χ3v) is 5.42. The van der Waals surface area contributed by atoms with Gasteiger partial charge in [-0.15, -0.1) is 0 Å². The summed E-state index contributed by atoms with van der Waals surface area (Å²) in [6, 6.07) is 17.3. The normalized spacial score (nSPS) is 23.5. The van der Waals surface area contributed by atoms with E-state index in [0.29, 0.717) is 24.3 Å². The molecule has 0 radical (unpaired) electrons. The van der Waals surface area contributed by atoms with E-state index in [2.05, 4.69) is 20.8 Å². The maximum atomic E-state index is 14.5. The molecule has 0 unspecified atom stereocenters. The van der Waals surface area contributed by atoms with E-state index in [1.807, 2.05) is 42.5 Å². The predicted octanol–water partition coefficient (Wildman–Crippen LogP) is 6.06. The number of esters is 1. The van der Waals surface area contributed by atoms with Crippen LogP contribution in [0.2, 0.25) is 0 Å². The summed E-state index contributed by atoms with van der Waals surface area (Å²) in [7, 11) is 0. The molecular weight excluding hydrogens is 327 g/mol. The van der Waals surface area contributed by atoms with Crippen molar-refractivity contribution in [3.05, 3.63) is 60.2 Å². The van der Waals surface area contributed by atoms with E-state index in [9.17, 15) is 9.18 Å². The fourth-order valence-corrected chi connectivity index (χ4v) is 3.64. The van der Waals surface area contributed by atoms with E-state index >= 15 is 0 Å². The second kappa shape index (κ2) is 7.61. The first-order valence-corrected chi connectivity index (χ1v) is 9.35. The Kier molecular flexibility index (Phi) is 5.45. The van der Waals surface area contributed by atoms with Crippen LogP contribution in [0.1, 0.15) is 50.4 Å². The highest BCUT2D eigenvalue weighted by atomic mass is 19.1. The molecule has 0 N–H and O–H groups in total. The minimum Gasteiger partial charge on any atom is -0.456 e. The molecule has 2 aromatic carbocycles. The molecule has 1 aliphatic carbocycles. The van der Waals surface area contributed by atoms with Crippen LogP contribution >= 0.6 is 0 Å². The summed E-state index contributed by atoms with van der Waals surface area (Å²) >= 11 is 0. The van der Waals surface area contributed by atoms with Crippen LogP contribution in [0.3, 0.4) is 0 Å².